The number of carbonyl (C=O) groups excluding carboxylic acids is 1. The van der Waals surface area contributed by atoms with E-state index < -0.39 is 0 Å². The molecule has 0 aliphatic carbocycles. The van der Waals surface area contributed by atoms with E-state index in [-0.39, 0.29) is 17.9 Å². The molecule has 0 radical (unpaired) electrons. The molecule has 6 heteroatoms. The van der Waals surface area contributed by atoms with E-state index in [1.54, 1.807) is 0 Å². The number of hydrogen-bond acceptors (Lipinski definition) is 2. The van der Waals surface area contributed by atoms with Gasteiger partial charge in [-0.05, 0) is 68.6 Å². The number of piperidine rings is 1. The second kappa shape index (κ2) is 8.35. The third kappa shape index (κ3) is 3.97. The third-order valence-corrected chi connectivity index (χ3v) is 6.99. The molecule has 2 heterocycles. The average molecular weight is 482 g/mol. The van der Waals surface area contributed by atoms with Crippen LogP contribution in [0, 0.1) is 5.92 Å². The van der Waals surface area contributed by atoms with Crippen molar-refractivity contribution in [2.45, 2.75) is 38.8 Å². The van der Waals surface area contributed by atoms with Crippen LogP contribution in [0.3, 0.4) is 0 Å². The Hall–Kier alpha value is -1.07. The highest BCUT2D eigenvalue weighted by atomic mass is 79.9. The van der Waals surface area contributed by atoms with Crippen molar-refractivity contribution in [2.24, 2.45) is 5.92 Å². The van der Waals surface area contributed by atoms with Gasteiger partial charge in [0.05, 0.1) is 5.92 Å². The Morgan fingerprint density at radius 2 is 1.96 bits per heavy atom. The molecule has 1 fully saturated rings. The lowest BCUT2D eigenvalue weighted by atomic mass is 9.95. The summed E-state index contributed by atoms with van der Waals surface area (Å²) in [7, 11) is 0. The quantitative estimate of drug-likeness (QED) is 0.541. The fourth-order valence-corrected chi connectivity index (χ4v) is 5.37. The largest absolute Gasteiger partial charge is 0.309 e. The van der Waals surface area contributed by atoms with Crippen LogP contribution < -0.4 is 4.90 Å². The van der Waals surface area contributed by atoms with Gasteiger partial charge < -0.3 is 4.90 Å². The van der Waals surface area contributed by atoms with Gasteiger partial charge in [-0.15, -0.1) is 0 Å². The van der Waals surface area contributed by atoms with E-state index >= 15 is 0 Å². The molecule has 28 heavy (non-hydrogen) atoms. The van der Waals surface area contributed by atoms with Crippen LogP contribution in [0.2, 0.25) is 10.0 Å². The van der Waals surface area contributed by atoms with Gasteiger partial charge in [0.1, 0.15) is 0 Å². The fourth-order valence-electron chi connectivity index (χ4n) is 4.44. The first-order chi connectivity index (χ1) is 13.4. The first-order valence-electron chi connectivity index (χ1n) is 9.71. The van der Waals surface area contributed by atoms with Crippen molar-refractivity contribution >= 4 is 50.7 Å². The van der Waals surface area contributed by atoms with E-state index in [0.29, 0.717) is 16.6 Å². The van der Waals surface area contributed by atoms with Gasteiger partial charge in [0.2, 0.25) is 5.91 Å². The predicted molar refractivity (Wildman–Crippen MR) is 119 cm³/mol. The minimum absolute atomic E-state index is 0.00654. The number of hydrogen-bond donors (Lipinski definition) is 0. The molecule has 1 amide bonds. The van der Waals surface area contributed by atoms with Crippen LogP contribution in [0.5, 0.6) is 0 Å². The van der Waals surface area contributed by atoms with E-state index in [2.05, 4.69) is 39.9 Å². The number of amides is 1. The van der Waals surface area contributed by atoms with Crippen LogP contribution in [0.4, 0.5) is 5.69 Å². The van der Waals surface area contributed by atoms with Crippen molar-refractivity contribution in [1.82, 2.24) is 4.90 Å². The van der Waals surface area contributed by atoms with Crippen LogP contribution in [0.15, 0.2) is 40.9 Å². The zero-order valence-corrected chi connectivity index (χ0v) is 18.9. The van der Waals surface area contributed by atoms with E-state index in [1.165, 1.54) is 5.56 Å². The molecule has 0 N–H and O–H groups in total. The van der Waals surface area contributed by atoms with Crippen molar-refractivity contribution in [1.29, 1.82) is 0 Å². The van der Waals surface area contributed by atoms with Crippen LogP contribution >= 0.6 is 39.1 Å². The van der Waals surface area contributed by atoms with Crippen molar-refractivity contribution in [3.05, 3.63) is 62.0 Å². The summed E-state index contributed by atoms with van der Waals surface area (Å²) in [5, 5.41) is 1.38. The number of benzene rings is 2. The summed E-state index contributed by atoms with van der Waals surface area (Å²) in [6.45, 7) is 4.52. The number of carbonyl (C=O) groups is 1. The summed E-state index contributed by atoms with van der Waals surface area (Å²) >= 11 is 16.2. The SMILES string of the molecule is C[C@@H]1Cc2cc(Br)ccc2N1C(=O)[C@@H]1CCCN(Cc2c(Cl)cccc2Cl)C1. The highest BCUT2D eigenvalue weighted by Gasteiger charge is 2.36. The summed E-state index contributed by atoms with van der Waals surface area (Å²) in [5.74, 6) is 0.246. The molecule has 3 nitrogen and oxygen atoms in total. The fraction of sp³-hybridized carbons (Fsp3) is 0.409. The Morgan fingerprint density at radius 3 is 2.71 bits per heavy atom. The first kappa shape index (κ1) is 20.2. The lowest BCUT2D eigenvalue weighted by Gasteiger charge is -2.35. The van der Waals surface area contributed by atoms with Gasteiger partial charge in [-0.1, -0.05) is 45.2 Å². The molecule has 2 atom stereocenters. The lowest BCUT2D eigenvalue weighted by molar-refractivity contribution is -0.124. The van der Waals surface area contributed by atoms with Crippen LogP contribution in [-0.4, -0.2) is 29.9 Å². The topological polar surface area (TPSA) is 23.6 Å². The molecule has 148 valence electrons. The second-order valence-electron chi connectivity index (χ2n) is 7.81. The molecule has 1 saturated heterocycles. The van der Waals surface area contributed by atoms with Gasteiger partial charge >= 0.3 is 0 Å². The molecule has 0 saturated carbocycles. The number of fused-ring (bicyclic) bond motifs is 1. The van der Waals surface area contributed by atoms with Gasteiger partial charge in [0, 0.05) is 44.9 Å². The molecule has 2 aliphatic rings. The summed E-state index contributed by atoms with van der Waals surface area (Å²) in [6.07, 6.45) is 2.85. The van der Waals surface area contributed by atoms with Gasteiger partial charge in [-0.2, -0.15) is 0 Å². The summed E-state index contributed by atoms with van der Waals surface area (Å²) in [4.78, 5) is 17.7. The minimum Gasteiger partial charge on any atom is -0.309 e. The Kier molecular flexibility index (Phi) is 6.03. The number of anilines is 1. The maximum atomic E-state index is 13.4. The van der Waals surface area contributed by atoms with Gasteiger partial charge in [0.25, 0.3) is 0 Å². The molecule has 2 aromatic rings. The molecule has 0 aromatic heterocycles. The summed E-state index contributed by atoms with van der Waals surface area (Å²) < 4.78 is 1.06. The van der Waals surface area contributed by atoms with Crippen molar-refractivity contribution in [3.63, 3.8) is 0 Å². The maximum absolute atomic E-state index is 13.4. The molecule has 0 spiro atoms. The predicted octanol–water partition coefficient (Wildman–Crippen LogP) is 5.95. The highest BCUT2D eigenvalue weighted by molar-refractivity contribution is 9.10. The monoisotopic (exact) mass is 480 g/mol. The molecule has 0 unspecified atom stereocenters. The zero-order valence-electron chi connectivity index (χ0n) is 15.8. The Balaban J connectivity index is 1.50. The van der Waals surface area contributed by atoms with E-state index in [4.69, 9.17) is 23.2 Å². The molecular formula is C22H23BrCl2N2O. The van der Waals surface area contributed by atoms with Gasteiger partial charge in [-0.25, -0.2) is 0 Å². The number of halogens is 3. The normalized spacial score (nSPS) is 22.4. The van der Waals surface area contributed by atoms with Gasteiger partial charge in [0.15, 0.2) is 0 Å². The third-order valence-electron chi connectivity index (χ3n) is 5.79. The molecule has 2 aliphatic heterocycles. The van der Waals surface area contributed by atoms with Crippen molar-refractivity contribution < 1.29 is 4.79 Å². The van der Waals surface area contributed by atoms with Crippen LogP contribution in [-0.2, 0) is 17.8 Å². The van der Waals surface area contributed by atoms with Crippen molar-refractivity contribution in [3.8, 4) is 0 Å². The van der Waals surface area contributed by atoms with Crippen LogP contribution in [0.25, 0.3) is 0 Å². The minimum atomic E-state index is 0.00654. The molecule has 4 rings (SSSR count). The average Bonchev–Trinajstić information content (AvgIpc) is 2.99. The number of nitrogens with zero attached hydrogens (tertiary/aromatic N) is 2. The number of likely N-dealkylation sites (tertiary alicyclic amines) is 1. The smallest absolute Gasteiger partial charge is 0.231 e. The summed E-state index contributed by atoms with van der Waals surface area (Å²) in [5.41, 5.74) is 3.25. The highest BCUT2D eigenvalue weighted by Crippen LogP contribution is 2.36. The molecular weight excluding hydrogens is 459 g/mol. The standard InChI is InChI=1S/C22H23BrCl2N2O/c1-14-10-16-11-17(23)7-8-21(16)27(14)22(28)15-4-3-9-26(12-15)13-18-19(24)5-2-6-20(18)25/h2,5-8,11,14-15H,3-4,9-10,12-13H2,1H3/t14-,15-/m1/s1. The second-order valence-corrected chi connectivity index (χ2v) is 9.54. The molecule has 2 aromatic carbocycles. The Bertz CT molecular complexity index is 884. The Morgan fingerprint density at radius 1 is 1.21 bits per heavy atom. The number of rotatable bonds is 3. The lowest BCUT2D eigenvalue weighted by Crippen LogP contribution is -2.46. The van der Waals surface area contributed by atoms with Crippen LogP contribution in [0.1, 0.15) is 30.9 Å². The zero-order chi connectivity index (χ0) is 19.8. The first-order valence-corrected chi connectivity index (χ1v) is 11.3. The van der Waals surface area contributed by atoms with Crippen molar-refractivity contribution in [2.75, 3.05) is 18.0 Å². The van der Waals surface area contributed by atoms with E-state index in [0.717, 1.165) is 48.1 Å². The van der Waals surface area contributed by atoms with Gasteiger partial charge in [-0.3, -0.25) is 9.69 Å². The maximum Gasteiger partial charge on any atom is 0.231 e. The van der Waals surface area contributed by atoms with E-state index in [1.807, 2.05) is 29.2 Å². The van der Waals surface area contributed by atoms with E-state index in [9.17, 15) is 4.79 Å². The Labute approximate surface area is 184 Å². The molecule has 0 bridgehead atoms. The summed E-state index contributed by atoms with van der Waals surface area (Å²) in [6, 6.07) is 12.0.